The Morgan fingerprint density at radius 1 is 1.14 bits per heavy atom. The van der Waals surface area contributed by atoms with Crippen LogP contribution in [0.3, 0.4) is 0 Å². The highest BCUT2D eigenvalue weighted by atomic mass is 16.3. The SMILES string of the molecule is C.CN(C)C1C(=O)C(C(N)=O)=C(O)[C@@]2(O)C(=O)C3=C(O)c4c(O)ccc(-c5ccc(CNCC#N)cc5)c4C[C@H]3C[C@@H]12. The van der Waals surface area contributed by atoms with Crippen LogP contribution in [0, 0.1) is 23.2 Å². The zero-order valence-electron chi connectivity index (χ0n) is 22.5. The Morgan fingerprint density at radius 2 is 1.81 bits per heavy atom. The van der Waals surface area contributed by atoms with Gasteiger partial charge in [-0.2, -0.15) is 5.26 Å². The van der Waals surface area contributed by atoms with Crippen molar-refractivity contribution in [1.29, 1.82) is 5.26 Å². The minimum Gasteiger partial charge on any atom is -0.508 e. The summed E-state index contributed by atoms with van der Waals surface area (Å²) in [5.41, 5.74) is 4.75. The summed E-state index contributed by atoms with van der Waals surface area (Å²) >= 11 is 0. The van der Waals surface area contributed by atoms with E-state index in [4.69, 9.17) is 11.0 Å². The predicted molar refractivity (Wildman–Crippen MR) is 154 cm³/mol. The van der Waals surface area contributed by atoms with Crippen LogP contribution in [0.15, 0.2) is 53.3 Å². The van der Waals surface area contributed by atoms with Gasteiger partial charge in [-0.15, -0.1) is 0 Å². The maximum atomic E-state index is 13.9. The molecule has 220 valence electrons. The Hall–Kier alpha value is -4.50. The van der Waals surface area contributed by atoms with Crippen molar-refractivity contribution < 1.29 is 34.8 Å². The van der Waals surface area contributed by atoms with Crippen LogP contribution in [-0.4, -0.2) is 75.1 Å². The van der Waals surface area contributed by atoms with Gasteiger partial charge in [0.1, 0.15) is 22.8 Å². The van der Waals surface area contributed by atoms with Crippen molar-refractivity contribution in [2.24, 2.45) is 17.6 Å². The van der Waals surface area contributed by atoms with Crippen LogP contribution < -0.4 is 11.1 Å². The third kappa shape index (κ3) is 4.44. The van der Waals surface area contributed by atoms with Crippen molar-refractivity contribution in [3.8, 4) is 22.9 Å². The number of hydrogen-bond acceptors (Lipinski definition) is 10. The monoisotopic (exact) mass is 574 g/mol. The Morgan fingerprint density at radius 3 is 2.40 bits per heavy atom. The van der Waals surface area contributed by atoms with Crippen molar-refractivity contribution in [2.45, 2.75) is 38.5 Å². The molecule has 1 amide bonds. The molecule has 2 aromatic rings. The molecule has 5 rings (SSSR count). The maximum Gasteiger partial charge on any atom is 0.255 e. The lowest BCUT2D eigenvalue weighted by Crippen LogP contribution is -2.65. The second-order valence-electron chi connectivity index (χ2n) is 10.9. The number of phenolic OH excluding ortho intramolecular Hbond substituents is 1. The van der Waals surface area contributed by atoms with Gasteiger partial charge in [-0.05, 0) is 61.2 Å². The molecule has 3 aliphatic carbocycles. The molecule has 1 fully saturated rings. The minimum atomic E-state index is -2.67. The largest absolute Gasteiger partial charge is 0.508 e. The fourth-order valence-electron chi connectivity index (χ4n) is 6.58. The number of benzene rings is 2. The summed E-state index contributed by atoms with van der Waals surface area (Å²) in [5.74, 6) is -6.82. The molecular weight excluding hydrogens is 540 g/mol. The Kier molecular flexibility index (Phi) is 8.02. The molecule has 11 nitrogen and oxygen atoms in total. The van der Waals surface area contributed by atoms with Gasteiger partial charge in [0.15, 0.2) is 11.4 Å². The number of likely N-dealkylation sites (N-methyl/N-ethyl adjacent to an activating group) is 1. The van der Waals surface area contributed by atoms with Crippen molar-refractivity contribution in [3.63, 3.8) is 0 Å². The van der Waals surface area contributed by atoms with Crippen LogP contribution in [0.25, 0.3) is 16.9 Å². The number of Topliss-reactive ketones (excluding diaryl/α,β-unsaturated/α-hetero) is 2. The van der Waals surface area contributed by atoms with Gasteiger partial charge in [0.2, 0.25) is 5.78 Å². The molecule has 0 aliphatic heterocycles. The van der Waals surface area contributed by atoms with Crippen LogP contribution in [0.2, 0.25) is 0 Å². The van der Waals surface area contributed by atoms with Gasteiger partial charge in [-0.25, -0.2) is 0 Å². The first-order chi connectivity index (χ1) is 19.4. The number of hydrogen-bond donors (Lipinski definition) is 6. The molecule has 0 spiro atoms. The van der Waals surface area contributed by atoms with Crippen molar-refractivity contribution >= 4 is 23.2 Å². The summed E-state index contributed by atoms with van der Waals surface area (Å²) in [4.78, 5) is 40.8. The summed E-state index contributed by atoms with van der Waals surface area (Å²) in [6, 6.07) is 11.6. The Bertz CT molecular complexity index is 1590. The quantitative estimate of drug-likeness (QED) is 0.168. The molecule has 3 aliphatic rings. The molecule has 0 radical (unpaired) electrons. The average molecular weight is 575 g/mol. The molecular formula is C31H34N4O7. The highest BCUT2D eigenvalue weighted by molar-refractivity contribution is 6.24. The lowest BCUT2D eigenvalue weighted by Gasteiger charge is -2.50. The highest BCUT2D eigenvalue weighted by Gasteiger charge is 2.64. The van der Waals surface area contributed by atoms with Crippen LogP contribution in [-0.2, 0) is 27.3 Å². The van der Waals surface area contributed by atoms with Gasteiger partial charge >= 0.3 is 0 Å². The van der Waals surface area contributed by atoms with Crippen LogP contribution in [0.5, 0.6) is 5.75 Å². The van der Waals surface area contributed by atoms with E-state index in [0.29, 0.717) is 12.1 Å². The number of carbonyl (C=O) groups excluding carboxylic acids is 3. The van der Waals surface area contributed by atoms with Gasteiger partial charge in [0, 0.05) is 18.0 Å². The lowest BCUT2D eigenvalue weighted by molar-refractivity contribution is -0.153. The van der Waals surface area contributed by atoms with Gasteiger partial charge in [0.25, 0.3) is 5.91 Å². The van der Waals surface area contributed by atoms with E-state index in [1.165, 1.54) is 11.0 Å². The smallest absolute Gasteiger partial charge is 0.255 e. The maximum absolute atomic E-state index is 13.9. The number of nitrogens with two attached hydrogens (primary N) is 1. The fraction of sp³-hybridized carbons (Fsp3) is 0.355. The van der Waals surface area contributed by atoms with Crippen LogP contribution >= 0.6 is 0 Å². The van der Waals surface area contributed by atoms with E-state index in [9.17, 15) is 34.8 Å². The minimum absolute atomic E-state index is 0. The Balaban J connectivity index is 0.00000405. The summed E-state index contributed by atoms with van der Waals surface area (Å²) in [6.45, 7) is 0.725. The molecule has 7 N–H and O–H groups in total. The first kappa shape index (κ1) is 30.5. The molecule has 4 atom stereocenters. The number of nitrogens with zero attached hydrogens (tertiary/aromatic N) is 2. The molecule has 2 aromatic carbocycles. The van der Waals surface area contributed by atoms with Gasteiger partial charge in [0.05, 0.1) is 24.2 Å². The second-order valence-corrected chi connectivity index (χ2v) is 10.9. The number of aromatic hydroxyl groups is 1. The predicted octanol–water partition coefficient (Wildman–Crippen LogP) is 1.88. The number of nitrogens with one attached hydrogen (secondary N) is 1. The molecule has 0 bridgehead atoms. The molecule has 11 heteroatoms. The number of rotatable bonds is 6. The number of carbonyl (C=O) groups is 3. The number of nitriles is 1. The number of primary amides is 1. The summed E-state index contributed by atoms with van der Waals surface area (Å²) < 4.78 is 0. The zero-order valence-corrected chi connectivity index (χ0v) is 22.5. The van der Waals surface area contributed by atoms with E-state index >= 15 is 0 Å². The molecule has 1 unspecified atom stereocenters. The standard InChI is InChI=1S/C30H30N4O7.CH4/c1-34(2)24-19-12-16-11-18-17(15-5-3-14(4-6-15)13-33-10-9-31)7-8-20(35)22(18)25(36)21(16)27(38)30(19,41)28(39)23(26(24)37)29(32)40;/h3-8,16,19,24,33,35-36,39,41H,10-13H2,1-2H3,(H2,32,40);1H4/t16-,19-,24?,30-;/m0./s1. The third-order valence-electron chi connectivity index (χ3n) is 8.40. The van der Waals surface area contributed by atoms with E-state index in [2.05, 4.69) is 5.32 Å². The molecule has 0 saturated heterocycles. The average Bonchev–Trinajstić information content (AvgIpc) is 2.91. The van der Waals surface area contributed by atoms with E-state index < -0.39 is 58.0 Å². The van der Waals surface area contributed by atoms with Gasteiger partial charge in [-0.3, -0.25) is 19.3 Å². The van der Waals surface area contributed by atoms with Crippen molar-refractivity contribution in [1.82, 2.24) is 10.2 Å². The van der Waals surface area contributed by atoms with Crippen molar-refractivity contribution in [2.75, 3.05) is 20.6 Å². The Labute approximate surface area is 243 Å². The first-order valence-electron chi connectivity index (χ1n) is 13.1. The lowest BCUT2D eigenvalue weighted by atomic mass is 9.57. The van der Waals surface area contributed by atoms with Crippen LogP contribution in [0.1, 0.15) is 30.5 Å². The third-order valence-corrected chi connectivity index (χ3v) is 8.40. The number of phenols is 1. The van der Waals surface area contributed by atoms with Gasteiger partial charge in [-0.1, -0.05) is 37.8 Å². The number of fused-ring (bicyclic) bond motifs is 3. The van der Waals surface area contributed by atoms with E-state index in [0.717, 1.165) is 16.7 Å². The number of aliphatic hydroxyl groups is 3. The number of aliphatic hydroxyl groups excluding tert-OH is 2. The number of amides is 1. The topological polar surface area (TPSA) is 197 Å². The second kappa shape index (κ2) is 11.1. The highest BCUT2D eigenvalue weighted by Crippen LogP contribution is 2.53. The van der Waals surface area contributed by atoms with Crippen LogP contribution in [0.4, 0.5) is 0 Å². The normalized spacial score (nSPS) is 24.9. The zero-order chi connectivity index (χ0) is 29.8. The summed E-state index contributed by atoms with van der Waals surface area (Å²) in [5, 5.41) is 56.6. The molecule has 0 heterocycles. The van der Waals surface area contributed by atoms with E-state index in [1.807, 2.05) is 30.3 Å². The fourth-order valence-corrected chi connectivity index (χ4v) is 6.58. The van der Waals surface area contributed by atoms with E-state index in [1.54, 1.807) is 20.2 Å². The number of ketones is 2. The summed E-state index contributed by atoms with van der Waals surface area (Å²) in [6.07, 6.45) is 0.216. The molecule has 42 heavy (non-hydrogen) atoms. The molecule has 1 saturated carbocycles. The van der Waals surface area contributed by atoms with Crippen molar-refractivity contribution in [3.05, 3.63) is 70.0 Å². The van der Waals surface area contributed by atoms with Gasteiger partial charge < -0.3 is 31.5 Å². The van der Waals surface area contributed by atoms with E-state index in [-0.39, 0.29) is 43.7 Å². The first-order valence-corrected chi connectivity index (χ1v) is 13.1. The summed E-state index contributed by atoms with van der Waals surface area (Å²) in [7, 11) is 3.12. The molecule has 0 aromatic heterocycles.